The number of fused-ring (bicyclic) bond motifs is 5. The number of hydrogen-bond donors (Lipinski definition) is 0. The lowest BCUT2D eigenvalue weighted by atomic mass is 9.55. The standard InChI is InChI=1S/C22H30O4/c1-13(23)26-19-12-15(24-3)11-14-5-6-16-17(21(14)19)9-10-22(2)18(16)7-8-20(22)25-4/h11-12,16-18,20H,5-10H2,1-4H3/t16-,17+,18+,20+,22+/m1/s1. The summed E-state index contributed by atoms with van der Waals surface area (Å²) >= 11 is 0. The number of rotatable bonds is 3. The summed E-state index contributed by atoms with van der Waals surface area (Å²) in [5.41, 5.74) is 2.86. The Morgan fingerprint density at radius 2 is 1.96 bits per heavy atom. The number of esters is 1. The van der Waals surface area contributed by atoms with Gasteiger partial charge in [-0.05, 0) is 73.3 Å². The van der Waals surface area contributed by atoms with Crippen LogP contribution in [0, 0.1) is 17.3 Å². The Hall–Kier alpha value is -1.55. The van der Waals surface area contributed by atoms with Crippen molar-refractivity contribution in [1.82, 2.24) is 0 Å². The Morgan fingerprint density at radius 1 is 1.15 bits per heavy atom. The third-order valence-electron chi connectivity index (χ3n) is 7.44. The predicted octanol–water partition coefficient (Wildman–Crippen LogP) is 4.49. The molecule has 5 atom stereocenters. The molecule has 0 radical (unpaired) electrons. The third-order valence-corrected chi connectivity index (χ3v) is 7.44. The van der Waals surface area contributed by atoms with Crippen LogP contribution in [0.15, 0.2) is 12.1 Å². The van der Waals surface area contributed by atoms with Crippen molar-refractivity contribution >= 4 is 5.97 Å². The molecule has 2 saturated carbocycles. The molecule has 0 bridgehead atoms. The molecule has 0 heterocycles. The summed E-state index contributed by atoms with van der Waals surface area (Å²) in [6, 6.07) is 4.03. The summed E-state index contributed by atoms with van der Waals surface area (Å²) in [5, 5.41) is 0. The average molecular weight is 358 g/mol. The molecule has 3 aliphatic carbocycles. The topological polar surface area (TPSA) is 44.8 Å². The molecule has 0 aromatic heterocycles. The van der Waals surface area contributed by atoms with E-state index >= 15 is 0 Å². The van der Waals surface area contributed by atoms with Crippen molar-refractivity contribution < 1.29 is 19.0 Å². The van der Waals surface area contributed by atoms with E-state index in [1.807, 2.05) is 13.2 Å². The maximum atomic E-state index is 11.7. The van der Waals surface area contributed by atoms with Gasteiger partial charge in [0.05, 0.1) is 13.2 Å². The molecule has 0 spiro atoms. The normalized spacial score (nSPS) is 35.2. The molecule has 0 N–H and O–H groups in total. The van der Waals surface area contributed by atoms with E-state index in [0.717, 1.165) is 18.6 Å². The lowest BCUT2D eigenvalue weighted by Gasteiger charge is -2.50. The van der Waals surface area contributed by atoms with E-state index < -0.39 is 0 Å². The van der Waals surface area contributed by atoms with Crippen molar-refractivity contribution in [2.75, 3.05) is 14.2 Å². The van der Waals surface area contributed by atoms with Crippen LogP contribution < -0.4 is 9.47 Å². The molecule has 0 amide bonds. The van der Waals surface area contributed by atoms with Gasteiger partial charge in [0.1, 0.15) is 11.5 Å². The first-order valence-electron chi connectivity index (χ1n) is 9.90. The Kier molecular flexibility index (Phi) is 4.50. The van der Waals surface area contributed by atoms with Gasteiger partial charge in [-0.1, -0.05) is 6.92 Å². The van der Waals surface area contributed by atoms with Crippen LogP contribution in [-0.4, -0.2) is 26.3 Å². The maximum absolute atomic E-state index is 11.7. The van der Waals surface area contributed by atoms with E-state index in [-0.39, 0.29) is 5.97 Å². The Balaban J connectivity index is 1.73. The van der Waals surface area contributed by atoms with Gasteiger partial charge in [0.15, 0.2) is 0 Å². The number of carbonyl (C=O) groups excluding carboxylic acids is 1. The second kappa shape index (κ2) is 6.56. The van der Waals surface area contributed by atoms with Gasteiger partial charge in [-0.2, -0.15) is 0 Å². The number of ether oxygens (including phenoxy) is 3. The molecule has 1 aromatic rings. The molecule has 1 aromatic carbocycles. The van der Waals surface area contributed by atoms with Crippen molar-refractivity contribution in [2.45, 2.75) is 64.4 Å². The van der Waals surface area contributed by atoms with Crippen molar-refractivity contribution in [3.63, 3.8) is 0 Å². The first-order valence-corrected chi connectivity index (χ1v) is 9.90. The first-order chi connectivity index (χ1) is 12.5. The van der Waals surface area contributed by atoms with E-state index in [4.69, 9.17) is 14.2 Å². The Labute approximate surface area is 156 Å². The molecule has 4 nitrogen and oxygen atoms in total. The molecule has 2 fully saturated rings. The minimum atomic E-state index is -0.261. The number of carbonyl (C=O) groups is 1. The van der Waals surface area contributed by atoms with Crippen LogP contribution >= 0.6 is 0 Å². The fourth-order valence-electron chi connectivity index (χ4n) is 6.35. The maximum Gasteiger partial charge on any atom is 0.308 e. The summed E-state index contributed by atoms with van der Waals surface area (Å²) in [4.78, 5) is 11.7. The molecule has 3 aliphatic rings. The number of methoxy groups -OCH3 is 2. The molecule has 0 saturated heterocycles. The molecule has 4 heteroatoms. The van der Waals surface area contributed by atoms with Crippen LogP contribution in [0.1, 0.15) is 63.0 Å². The Morgan fingerprint density at radius 3 is 2.65 bits per heavy atom. The number of aryl methyl sites for hydroxylation is 1. The van der Waals surface area contributed by atoms with Gasteiger partial charge >= 0.3 is 5.97 Å². The zero-order valence-corrected chi connectivity index (χ0v) is 16.3. The molecule has 0 aliphatic heterocycles. The average Bonchev–Trinajstić information content (AvgIpc) is 2.96. The smallest absolute Gasteiger partial charge is 0.308 e. The molecule has 26 heavy (non-hydrogen) atoms. The minimum Gasteiger partial charge on any atom is -0.497 e. The highest BCUT2D eigenvalue weighted by molar-refractivity contribution is 5.70. The van der Waals surface area contributed by atoms with Crippen LogP contribution in [0.4, 0.5) is 0 Å². The van der Waals surface area contributed by atoms with Gasteiger partial charge in [-0.15, -0.1) is 0 Å². The predicted molar refractivity (Wildman–Crippen MR) is 99.7 cm³/mol. The molecule has 0 unspecified atom stereocenters. The Bertz CT molecular complexity index is 712. The fourth-order valence-corrected chi connectivity index (χ4v) is 6.35. The summed E-state index contributed by atoms with van der Waals surface area (Å²) < 4.78 is 16.9. The number of benzene rings is 1. The second-order valence-electron chi connectivity index (χ2n) is 8.55. The third kappa shape index (κ3) is 2.65. The SMILES string of the molecule is COc1cc2c(c(OC(C)=O)c1)[C@H]1CC[C@]3(C)[C@@H](OC)CC[C@H]3[C@@H]1CC2. The molecule has 4 rings (SSSR count). The van der Waals surface area contributed by atoms with E-state index in [2.05, 4.69) is 13.0 Å². The van der Waals surface area contributed by atoms with Gasteiger partial charge in [0.2, 0.25) is 0 Å². The van der Waals surface area contributed by atoms with E-state index in [9.17, 15) is 4.79 Å². The van der Waals surface area contributed by atoms with Crippen molar-refractivity contribution in [3.8, 4) is 11.5 Å². The second-order valence-corrected chi connectivity index (χ2v) is 8.55. The highest BCUT2D eigenvalue weighted by Crippen LogP contribution is 2.62. The first kappa shape index (κ1) is 17.8. The van der Waals surface area contributed by atoms with Crippen molar-refractivity contribution in [2.24, 2.45) is 17.3 Å². The molecular formula is C22H30O4. The highest BCUT2D eigenvalue weighted by Gasteiger charge is 2.55. The zero-order valence-electron chi connectivity index (χ0n) is 16.3. The molecular weight excluding hydrogens is 328 g/mol. The van der Waals surface area contributed by atoms with Gasteiger partial charge in [0, 0.05) is 25.7 Å². The lowest BCUT2D eigenvalue weighted by molar-refractivity contribution is -0.132. The van der Waals surface area contributed by atoms with Crippen LogP contribution in [0.25, 0.3) is 0 Å². The lowest BCUT2D eigenvalue weighted by Crippen LogP contribution is -2.44. The van der Waals surface area contributed by atoms with Crippen molar-refractivity contribution in [3.05, 3.63) is 23.3 Å². The molecule has 142 valence electrons. The van der Waals surface area contributed by atoms with Gasteiger partial charge < -0.3 is 14.2 Å². The van der Waals surface area contributed by atoms with Gasteiger partial charge in [-0.3, -0.25) is 4.79 Å². The minimum absolute atomic E-state index is 0.261. The largest absolute Gasteiger partial charge is 0.497 e. The quantitative estimate of drug-likeness (QED) is 0.590. The van der Waals surface area contributed by atoms with E-state index in [1.165, 1.54) is 43.7 Å². The fraction of sp³-hybridized carbons (Fsp3) is 0.682. The zero-order chi connectivity index (χ0) is 18.5. The van der Waals surface area contributed by atoms with Crippen LogP contribution in [0.5, 0.6) is 11.5 Å². The monoisotopic (exact) mass is 358 g/mol. The van der Waals surface area contributed by atoms with Gasteiger partial charge in [-0.25, -0.2) is 0 Å². The van der Waals surface area contributed by atoms with Gasteiger partial charge in [0.25, 0.3) is 0 Å². The highest BCUT2D eigenvalue weighted by atomic mass is 16.5. The van der Waals surface area contributed by atoms with Crippen molar-refractivity contribution in [1.29, 1.82) is 0 Å². The summed E-state index contributed by atoms with van der Waals surface area (Å²) in [6.07, 6.45) is 7.39. The van der Waals surface area contributed by atoms with Crippen LogP contribution in [0.2, 0.25) is 0 Å². The summed E-state index contributed by atoms with van der Waals surface area (Å²) in [7, 11) is 3.53. The van der Waals surface area contributed by atoms with E-state index in [1.54, 1.807) is 7.11 Å². The van der Waals surface area contributed by atoms with E-state index in [0.29, 0.717) is 35.0 Å². The number of hydrogen-bond acceptors (Lipinski definition) is 4. The van der Waals surface area contributed by atoms with Crippen LogP contribution in [-0.2, 0) is 16.0 Å². The summed E-state index contributed by atoms with van der Waals surface area (Å²) in [6.45, 7) is 3.91. The summed E-state index contributed by atoms with van der Waals surface area (Å²) in [5.74, 6) is 3.07. The van der Waals surface area contributed by atoms with Crippen LogP contribution in [0.3, 0.4) is 0 Å².